The average Bonchev–Trinajstić information content (AvgIpc) is 2.98. The van der Waals surface area contributed by atoms with Gasteiger partial charge in [0.1, 0.15) is 10.6 Å². The minimum atomic E-state index is -4.58. The lowest BCUT2D eigenvalue weighted by Crippen LogP contribution is -2.13. The van der Waals surface area contributed by atoms with E-state index in [2.05, 4.69) is 21.4 Å². The highest BCUT2D eigenvalue weighted by molar-refractivity contribution is 7.18. The van der Waals surface area contributed by atoms with Crippen molar-refractivity contribution in [3.8, 4) is 6.07 Å². The van der Waals surface area contributed by atoms with Crippen LogP contribution in [-0.4, -0.2) is 16.5 Å². The Morgan fingerprint density at radius 3 is 2.58 bits per heavy atom. The molecular weight excluding hydrogens is 361 g/mol. The molecule has 0 atom stereocenters. The van der Waals surface area contributed by atoms with Crippen molar-refractivity contribution in [3.63, 3.8) is 0 Å². The Morgan fingerprint density at radius 1 is 1.19 bits per heavy atom. The predicted molar refractivity (Wildman–Crippen MR) is 95.1 cm³/mol. The van der Waals surface area contributed by atoms with Gasteiger partial charge in [0.25, 0.3) is 0 Å². The Labute approximate surface area is 152 Å². The van der Waals surface area contributed by atoms with Gasteiger partial charge in [-0.25, -0.2) is 9.97 Å². The summed E-state index contributed by atoms with van der Waals surface area (Å²) in [6.45, 7) is 2.31. The Kier molecular flexibility index (Phi) is 5.09. The summed E-state index contributed by atoms with van der Waals surface area (Å²) in [5.41, 5.74) is 1.67. The van der Waals surface area contributed by atoms with Crippen LogP contribution in [0.4, 0.5) is 19.0 Å². The molecule has 0 spiro atoms. The molecule has 0 aliphatic heterocycles. The van der Waals surface area contributed by atoms with Crippen molar-refractivity contribution in [2.45, 2.75) is 25.9 Å². The largest absolute Gasteiger partial charge is 0.451 e. The minimum absolute atomic E-state index is 0.214. The van der Waals surface area contributed by atoms with Gasteiger partial charge in [-0.3, -0.25) is 0 Å². The average molecular weight is 376 g/mol. The predicted octanol–water partition coefficient (Wildman–Crippen LogP) is 4.93. The van der Waals surface area contributed by atoms with Crippen LogP contribution in [0.3, 0.4) is 0 Å². The van der Waals surface area contributed by atoms with Crippen molar-refractivity contribution in [1.29, 1.82) is 5.26 Å². The minimum Gasteiger partial charge on any atom is -0.369 e. The monoisotopic (exact) mass is 376 g/mol. The first-order valence-electron chi connectivity index (χ1n) is 7.95. The normalized spacial score (nSPS) is 11.5. The number of alkyl halides is 3. The van der Waals surface area contributed by atoms with Gasteiger partial charge in [0.05, 0.1) is 17.0 Å². The molecule has 4 nitrogen and oxygen atoms in total. The van der Waals surface area contributed by atoms with E-state index in [1.165, 1.54) is 11.3 Å². The molecule has 3 rings (SSSR count). The third kappa shape index (κ3) is 4.11. The van der Waals surface area contributed by atoms with Crippen LogP contribution in [0.15, 0.2) is 30.3 Å². The van der Waals surface area contributed by atoms with E-state index in [1.54, 1.807) is 18.2 Å². The number of benzene rings is 1. The van der Waals surface area contributed by atoms with E-state index in [-0.39, 0.29) is 5.82 Å². The number of nitriles is 1. The molecule has 2 heterocycles. The quantitative estimate of drug-likeness (QED) is 0.641. The van der Waals surface area contributed by atoms with Crippen LogP contribution in [0.5, 0.6) is 0 Å². The van der Waals surface area contributed by atoms with Crippen LogP contribution in [-0.2, 0) is 12.6 Å². The summed E-state index contributed by atoms with van der Waals surface area (Å²) in [5, 5.41) is 12.4. The maximum atomic E-state index is 13.0. The number of aromatic nitrogens is 2. The molecule has 0 saturated heterocycles. The van der Waals surface area contributed by atoms with Gasteiger partial charge in [-0.1, -0.05) is 12.1 Å². The van der Waals surface area contributed by atoms with Crippen molar-refractivity contribution in [2.75, 3.05) is 11.9 Å². The maximum absolute atomic E-state index is 13.0. The van der Waals surface area contributed by atoms with Gasteiger partial charge < -0.3 is 5.32 Å². The number of fused-ring (bicyclic) bond motifs is 1. The van der Waals surface area contributed by atoms with Crippen LogP contribution in [0.25, 0.3) is 10.2 Å². The lowest BCUT2D eigenvalue weighted by atomic mass is 10.1. The Hall–Kier alpha value is -2.66. The molecule has 0 bridgehead atoms. The topological polar surface area (TPSA) is 61.6 Å². The zero-order chi connectivity index (χ0) is 18.7. The molecule has 2 aromatic heterocycles. The molecule has 0 amide bonds. The van der Waals surface area contributed by atoms with Crippen molar-refractivity contribution in [2.24, 2.45) is 0 Å². The second kappa shape index (κ2) is 7.30. The summed E-state index contributed by atoms with van der Waals surface area (Å²) in [4.78, 5) is 8.53. The third-order valence-electron chi connectivity index (χ3n) is 3.79. The van der Waals surface area contributed by atoms with E-state index in [0.29, 0.717) is 22.3 Å². The zero-order valence-corrected chi connectivity index (χ0v) is 14.7. The standard InChI is InChI=1S/C18H15F3N4S/c1-11-9-14-15(24-17(18(19,20)21)25-16(14)26-11)23-8-2-3-12-4-6-13(10-22)7-5-12/h4-7,9H,2-3,8H2,1H3,(H,23,24,25). The number of rotatable bonds is 5. The van der Waals surface area contributed by atoms with Gasteiger partial charge in [0.2, 0.25) is 5.82 Å². The van der Waals surface area contributed by atoms with Gasteiger partial charge >= 0.3 is 6.18 Å². The first kappa shape index (κ1) is 18.1. The van der Waals surface area contributed by atoms with E-state index >= 15 is 0 Å². The van der Waals surface area contributed by atoms with Crippen LogP contribution in [0.1, 0.15) is 28.2 Å². The molecule has 1 aromatic carbocycles. The van der Waals surface area contributed by atoms with E-state index in [1.807, 2.05) is 19.1 Å². The summed E-state index contributed by atoms with van der Waals surface area (Å²) in [5.74, 6) is -0.909. The van der Waals surface area contributed by atoms with Crippen molar-refractivity contribution >= 4 is 27.4 Å². The fourth-order valence-corrected chi connectivity index (χ4v) is 3.43. The highest BCUT2D eigenvalue weighted by Gasteiger charge is 2.35. The van der Waals surface area contributed by atoms with Crippen LogP contribution in [0, 0.1) is 18.3 Å². The van der Waals surface area contributed by atoms with Crippen molar-refractivity contribution in [3.05, 3.63) is 52.2 Å². The molecule has 1 N–H and O–H groups in total. The zero-order valence-electron chi connectivity index (χ0n) is 13.9. The summed E-state index contributed by atoms with van der Waals surface area (Å²) in [7, 11) is 0. The fourth-order valence-electron chi connectivity index (χ4n) is 2.55. The number of hydrogen-bond donors (Lipinski definition) is 1. The van der Waals surface area contributed by atoms with Gasteiger partial charge in [-0.2, -0.15) is 18.4 Å². The van der Waals surface area contributed by atoms with Gasteiger partial charge in [-0.15, -0.1) is 11.3 Å². The molecule has 0 fully saturated rings. The van der Waals surface area contributed by atoms with Crippen molar-refractivity contribution < 1.29 is 13.2 Å². The number of halogens is 3. The third-order valence-corrected chi connectivity index (χ3v) is 4.73. The summed E-state index contributed by atoms with van der Waals surface area (Å²) >= 11 is 1.22. The highest BCUT2D eigenvalue weighted by Crippen LogP contribution is 2.33. The van der Waals surface area contributed by atoms with Crippen molar-refractivity contribution in [1.82, 2.24) is 9.97 Å². The molecule has 8 heteroatoms. The number of hydrogen-bond acceptors (Lipinski definition) is 5. The number of nitrogens with one attached hydrogen (secondary N) is 1. The SMILES string of the molecule is Cc1cc2c(NCCCc3ccc(C#N)cc3)nc(C(F)(F)F)nc2s1. The summed E-state index contributed by atoms with van der Waals surface area (Å²) in [6, 6.07) is 11.1. The Bertz CT molecular complexity index is 955. The summed E-state index contributed by atoms with van der Waals surface area (Å²) in [6.07, 6.45) is -3.10. The molecule has 0 radical (unpaired) electrons. The van der Waals surface area contributed by atoms with E-state index < -0.39 is 12.0 Å². The van der Waals surface area contributed by atoms with E-state index in [9.17, 15) is 13.2 Å². The van der Waals surface area contributed by atoms with Gasteiger partial charge in [0.15, 0.2) is 0 Å². The molecule has 134 valence electrons. The van der Waals surface area contributed by atoms with Gasteiger partial charge in [-0.05, 0) is 43.5 Å². The van der Waals surface area contributed by atoms with Gasteiger partial charge in [0, 0.05) is 11.4 Å². The first-order chi connectivity index (χ1) is 12.4. The number of nitrogens with zero attached hydrogens (tertiary/aromatic N) is 3. The Morgan fingerprint density at radius 2 is 1.92 bits per heavy atom. The second-order valence-corrected chi connectivity index (χ2v) is 7.04. The fraction of sp³-hybridized carbons (Fsp3) is 0.278. The molecule has 26 heavy (non-hydrogen) atoms. The lowest BCUT2D eigenvalue weighted by Gasteiger charge is -2.10. The molecule has 0 aliphatic rings. The first-order valence-corrected chi connectivity index (χ1v) is 8.77. The van der Waals surface area contributed by atoms with Crippen LogP contribution < -0.4 is 5.32 Å². The molecule has 3 aromatic rings. The number of aryl methyl sites for hydroxylation is 2. The molecule has 0 saturated carbocycles. The molecule has 0 unspecified atom stereocenters. The second-order valence-electron chi connectivity index (χ2n) is 5.81. The Balaban J connectivity index is 1.70. The number of thiophene rings is 1. The van der Waals surface area contributed by atoms with Crippen LogP contribution >= 0.6 is 11.3 Å². The highest BCUT2D eigenvalue weighted by atomic mass is 32.1. The molecule has 0 aliphatic carbocycles. The number of anilines is 1. The smallest absolute Gasteiger partial charge is 0.369 e. The summed E-state index contributed by atoms with van der Waals surface area (Å²) < 4.78 is 39.0. The molecular formula is C18H15F3N4S. The lowest BCUT2D eigenvalue weighted by molar-refractivity contribution is -0.144. The maximum Gasteiger partial charge on any atom is 0.451 e. The van der Waals surface area contributed by atoms with Crippen LogP contribution in [0.2, 0.25) is 0 Å². The van der Waals surface area contributed by atoms with E-state index in [0.717, 1.165) is 23.3 Å². The van der Waals surface area contributed by atoms with E-state index in [4.69, 9.17) is 5.26 Å².